The number of ether oxygens (including phenoxy) is 1. The summed E-state index contributed by atoms with van der Waals surface area (Å²) >= 11 is 0. The summed E-state index contributed by atoms with van der Waals surface area (Å²) in [5.41, 5.74) is 0.768. The van der Waals surface area contributed by atoms with E-state index in [0.29, 0.717) is 17.5 Å². The van der Waals surface area contributed by atoms with E-state index in [1.165, 1.54) is 4.68 Å². The summed E-state index contributed by atoms with van der Waals surface area (Å²) in [6.07, 6.45) is 0.698. The molecule has 1 aromatic carbocycles. The highest BCUT2D eigenvalue weighted by atomic mass is 16.5. The predicted molar refractivity (Wildman–Crippen MR) is 81.4 cm³/mol. The summed E-state index contributed by atoms with van der Waals surface area (Å²) in [6, 6.07) is 6.78. The first-order valence-electron chi connectivity index (χ1n) is 7.21. The number of carbonyl (C=O) groups excluding carboxylic acids is 2. The van der Waals surface area contributed by atoms with Crippen LogP contribution in [0.15, 0.2) is 24.3 Å². The number of benzene rings is 1. The molecule has 0 aliphatic rings. The monoisotopic (exact) mass is 304 g/mol. The van der Waals surface area contributed by atoms with Gasteiger partial charge in [0.1, 0.15) is 12.1 Å². The molecule has 0 unspecified atom stereocenters. The fourth-order valence-corrected chi connectivity index (χ4v) is 1.74. The van der Waals surface area contributed by atoms with Gasteiger partial charge >= 0.3 is 12.0 Å². The van der Waals surface area contributed by atoms with Crippen molar-refractivity contribution in [3.63, 3.8) is 0 Å². The number of hydrogen-bond acceptors (Lipinski definition) is 5. The average molecular weight is 304 g/mol. The minimum Gasteiger partial charge on any atom is -0.463 e. The molecule has 7 heteroatoms. The zero-order valence-electron chi connectivity index (χ0n) is 13.0. The number of para-hydroxylation sites is 1. The molecule has 0 spiro atoms. The molecule has 0 aliphatic carbocycles. The quantitative estimate of drug-likeness (QED) is 0.674. The maximum absolute atomic E-state index is 12.0. The predicted octanol–water partition coefficient (Wildman–Crippen LogP) is 1.97. The second-order valence-electron chi connectivity index (χ2n) is 5.60. The third-order valence-electron chi connectivity index (χ3n) is 3.59. The molecular weight excluding hydrogens is 284 g/mol. The first-order chi connectivity index (χ1) is 10.5. The number of carbonyl (C=O) groups is 2. The van der Waals surface area contributed by atoms with E-state index in [2.05, 4.69) is 15.6 Å². The van der Waals surface area contributed by atoms with Crippen LogP contribution in [-0.2, 0) is 9.53 Å². The van der Waals surface area contributed by atoms with Crippen molar-refractivity contribution in [3.05, 3.63) is 24.3 Å². The molecule has 0 atom stereocenters. The SMILES string of the molecule is CCC(C)(C)C(=O)OCCNC(=O)n1nnc2ccccc21. The average Bonchev–Trinajstić information content (AvgIpc) is 2.95. The van der Waals surface area contributed by atoms with E-state index in [9.17, 15) is 9.59 Å². The molecule has 0 saturated carbocycles. The van der Waals surface area contributed by atoms with Gasteiger partial charge in [0.25, 0.3) is 0 Å². The van der Waals surface area contributed by atoms with Crippen LogP contribution in [0.2, 0.25) is 0 Å². The van der Waals surface area contributed by atoms with Gasteiger partial charge in [0.05, 0.1) is 17.5 Å². The number of esters is 1. The Hall–Kier alpha value is -2.44. The Balaban J connectivity index is 1.85. The maximum atomic E-state index is 12.0. The van der Waals surface area contributed by atoms with Crippen LogP contribution in [0, 0.1) is 5.41 Å². The summed E-state index contributed by atoms with van der Waals surface area (Å²) < 4.78 is 6.34. The molecule has 0 aliphatic heterocycles. The first-order valence-corrected chi connectivity index (χ1v) is 7.21. The van der Waals surface area contributed by atoms with Gasteiger partial charge in [0.15, 0.2) is 0 Å². The Bertz CT molecular complexity index is 678. The van der Waals surface area contributed by atoms with Crippen molar-refractivity contribution in [3.8, 4) is 0 Å². The van der Waals surface area contributed by atoms with Crippen LogP contribution in [0.4, 0.5) is 4.79 Å². The lowest BCUT2D eigenvalue weighted by Crippen LogP contribution is -2.34. The van der Waals surface area contributed by atoms with Crippen molar-refractivity contribution in [1.82, 2.24) is 20.3 Å². The van der Waals surface area contributed by atoms with Gasteiger partial charge in [0.2, 0.25) is 0 Å². The smallest absolute Gasteiger partial charge is 0.344 e. The second kappa shape index (κ2) is 6.55. The van der Waals surface area contributed by atoms with E-state index >= 15 is 0 Å². The molecule has 1 N–H and O–H groups in total. The van der Waals surface area contributed by atoms with E-state index < -0.39 is 11.4 Å². The van der Waals surface area contributed by atoms with E-state index in [0.717, 1.165) is 0 Å². The molecule has 2 rings (SSSR count). The van der Waals surface area contributed by atoms with Crippen molar-refractivity contribution in [1.29, 1.82) is 0 Å². The Kier molecular flexibility index (Phi) is 4.75. The normalized spacial score (nSPS) is 11.4. The van der Waals surface area contributed by atoms with Crippen LogP contribution >= 0.6 is 0 Å². The summed E-state index contributed by atoms with van der Waals surface area (Å²) in [7, 11) is 0. The Morgan fingerprint density at radius 1 is 1.32 bits per heavy atom. The lowest BCUT2D eigenvalue weighted by atomic mass is 9.91. The van der Waals surface area contributed by atoms with Crippen molar-refractivity contribution < 1.29 is 14.3 Å². The van der Waals surface area contributed by atoms with Crippen LogP contribution in [0.5, 0.6) is 0 Å². The molecule has 1 heterocycles. The van der Waals surface area contributed by atoms with Crippen LogP contribution < -0.4 is 5.32 Å². The highest BCUT2D eigenvalue weighted by Gasteiger charge is 2.26. The summed E-state index contributed by atoms with van der Waals surface area (Å²) in [4.78, 5) is 23.8. The number of fused-ring (bicyclic) bond motifs is 1. The van der Waals surface area contributed by atoms with Gasteiger partial charge in [-0.2, -0.15) is 4.68 Å². The van der Waals surface area contributed by atoms with Gasteiger partial charge in [-0.15, -0.1) is 5.10 Å². The van der Waals surface area contributed by atoms with Crippen LogP contribution in [-0.4, -0.2) is 40.1 Å². The Labute approximate surface area is 128 Å². The molecule has 1 aromatic heterocycles. The number of hydrogen-bond donors (Lipinski definition) is 1. The van der Waals surface area contributed by atoms with Crippen molar-refractivity contribution in [2.24, 2.45) is 5.41 Å². The molecule has 0 fully saturated rings. The molecule has 22 heavy (non-hydrogen) atoms. The first kappa shape index (κ1) is 15.9. The standard InChI is InChI=1S/C15H20N4O3/c1-4-15(2,3)13(20)22-10-9-16-14(21)19-12-8-6-5-7-11(12)17-18-19/h5-8H,4,9-10H2,1-3H3,(H,16,21). The minimum absolute atomic E-state index is 0.126. The second-order valence-corrected chi connectivity index (χ2v) is 5.60. The molecule has 7 nitrogen and oxygen atoms in total. The van der Waals surface area contributed by atoms with Gasteiger partial charge in [-0.3, -0.25) is 4.79 Å². The van der Waals surface area contributed by atoms with Crippen molar-refractivity contribution in [2.45, 2.75) is 27.2 Å². The topological polar surface area (TPSA) is 86.1 Å². The molecule has 0 radical (unpaired) electrons. The molecule has 118 valence electrons. The van der Waals surface area contributed by atoms with E-state index in [1.807, 2.05) is 32.9 Å². The van der Waals surface area contributed by atoms with Crippen molar-refractivity contribution >= 4 is 23.0 Å². The van der Waals surface area contributed by atoms with Gasteiger partial charge in [-0.05, 0) is 32.4 Å². The van der Waals surface area contributed by atoms with E-state index in [-0.39, 0.29) is 19.1 Å². The van der Waals surface area contributed by atoms with Crippen LogP contribution in [0.1, 0.15) is 27.2 Å². The highest BCUT2D eigenvalue weighted by molar-refractivity contribution is 5.87. The lowest BCUT2D eigenvalue weighted by molar-refractivity contribution is -0.153. The van der Waals surface area contributed by atoms with Gasteiger partial charge in [0, 0.05) is 0 Å². The zero-order chi connectivity index (χ0) is 16.2. The molecule has 1 amide bonds. The van der Waals surface area contributed by atoms with Crippen LogP contribution in [0.25, 0.3) is 11.0 Å². The zero-order valence-corrected chi connectivity index (χ0v) is 13.0. The fraction of sp³-hybridized carbons (Fsp3) is 0.467. The third-order valence-corrected chi connectivity index (χ3v) is 3.59. The number of nitrogens with one attached hydrogen (secondary N) is 1. The summed E-state index contributed by atoms with van der Waals surface area (Å²) in [6.45, 7) is 5.93. The number of nitrogens with zero attached hydrogens (tertiary/aromatic N) is 3. The number of aromatic nitrogens is 3. The summed E-state index contributed by atoms with van der Waals surface area (Å²) in [5, 5.41) is 10.4. The highest BCUT2D eigenvalue weighted by Crippen LogP contribution is 2.21. The summed E-state index contributed by atoms with van der Waals surface area (Å²) in [5.74, 6) is -0.268. The molecule has 0 saturated heterocycles. The maximum Gasteiger partial charge on any atom is 0.344 e. The van der Waals surface area contributed by atoms with E-state index in [4.69, 9.17) is 4.74 Å². The molecule has 0 bridgehead atoms. The third kappa shape index (κ3) is 3.41. The van der Waals surface area contributed by atoms with Crippen molar-refractivity contribution in [2.75, 3.05) is 13.2 Å². The van der Waals surface area contributed by atoms with Gasteiger partial charge < -0.3 is 10.1 Å². The number of amides is 1. The van der Waals surface area contributed by atoms with E-state index in [1.54, 1.807) is 12.1 Å². The fourth-order valence-electron chi connectivity index (χ4n) is 1.74. The largest absolute Gasteiger partial charge is 0.463 e. The van der Waals surface area contributed by atoms with Gasteiger partial charge in [-0.1, -0.05) is 24.3 Å². The van der Waals surface area contributed by atoms with Gasteiger partial charge in [-0.25, -0.2) is 4.79 Å². The lowest BCUT2D eigenvalue weighted by Gasteiger charge is -2.20. The Morgan fingerprint density at radius 2 is 2.05 bits per heavy atom. The van der Waals surface area contributed by atoms with Crippen LogP contribution in [0.3, 0.4) is 0 Å². The number of rotatable bonds is 5. The minimum atomic E-state index is -0.508. The Morgan fingerprint density at radius 3 is 2.77 bits per heavy atom. The molecular formula is C15H20N4O3. The molecule has 2 aromatic rings.